The topological polar surface area (TPSA) is 41.9 Å². The van der Waals surface area contributed by atoms with E-state index >= 15 is 0 Å². The molecule has 0 aromatic heterocycles. The molecule has 3 atom stereocenters. The van der Waals surface area contributed by atoms with Crippen LogP contribution < -0.4 is 4.74 Å². The number of para-hydroxylation sites is 1. The average molecular weight is 341 g/mol. The van der Waals surface area contributed by atoms with Crippen molar-refractivity contribution in [1.82, 2.24) is 4.90 Å². The van der Waals surface area contributed by atoms with Crippen LogP contribution in [-0.2, 0) is 4.74 Å². The summed E-state index contributed by atoms with van der Waals surface area (Å²) < 4.78 is 11.7. The lowest BCUT2D eigenvalue weighted by molar-refractivity contribution is -0.0786. The van der Waals surface area contributed by atoms with Crippen LogP contribution in [0, 0.1) is 0 Å². The Morgan fingerprint density at radius 1 is 1.04 bits per heavy atom. The molecular weight excluding hydrogens is 314 g/mol. The van der Waals surface area contributed by atoms with Crippen molar-refractivity contribution in [3.63, 3.8) is 0 Å². The zero-order valence-corrected chi connectivity index (χ0v) is 15.0. The molecule has 0 aliphatic carbocycles. The number of β-amino-alcohol motifs (C(OH)–C–C–N with tert-alkyl or cyclic N) is 1. The van der Waals surface area contributed by atoms with Gasteiger partial charge in [-0.2, -0.15) is 0 Å². The van der Waals surface area contributed by atoms with E-state index in [1.54, 1.807) is 0 Å². The molecule has 1 heterocycles. The Balaban J connectivity index is 1.58. The lowest BCUT2D eigenvalue weighted by atomic mass is 10.1. The van der Waals surface area contributed by atoms with Crippen LogP contribution in [0.2, 0.25) is 0 Å². The van der Waals surface area contributed by atoms with E-state index in [1.165, 1.54) is 0 Å². The number of aliphatic hydroxyl groups excluding tert-OH is 1. The fourth-order valence-corrected chi connectivity index (χ4v) is 3.42. The Labute approximate surface area is 150 Å². The molecule has 1 N–H and O–H groups in total. The largest absolute Gasteiger partial charge is 0.490 e. The molecule has 0 amide bonds. The normalized spacial score (nSPS) is 22.5. The molecule has 1 aliphatic heterocycles. The number of nitrogens with zero attached hydrogens (tertiary/aromatic N) is 1. The van der Waals surface area contributed by atoms with E-state index in [9.17, 15) is 5.11 Å². The summed E-state index contributed by atoms with van der Waals surface area (Å²) in [5, 5.41) is 10.4. The van der Waals surface area contributed by atoms with Crippen molar-refractivity contribution < 1.29 is 14.6 Å². The minimum Gasteiger partial charge on any atom is -0.490 e. The fourth-order valence-electron chi connectivity index (χ4n) is 3.42. The van der Waals surface area contributed by atoms with Crippen LogP contribution in [0.15, 0.2) is 54.6 Å². The molecule has 25 heavy (non-hydrogen) atoms. The van der Waals surface area contributed by atoms with E-state index in [-0.39, 0.29) is 18.8 Å². The molecule has 3 rings (SSSR count). The number of hydrogen-bond donors (Lipinski definition) is 1. The van der Waals surface area contributed by atoms with E-state index in [0.29, 0.717) is 6.54 Å². The number of aliphatic hydroxyl groups is 1. The summed E-state index contributed by atoms with van der Waals surface area (Å²) in [5.41, 5.74) is 2.16. The van der Waals surface area contributed by atoms with Gasteiger partial charge in [0.05, 0.1) is 12.2 Å². The van der Waals surface area contributed by atoms with Gasteiger partial charge in [0.2, 0.25) is 0 Å². The highest BCUT2D eigenvalue weighted by Gasteiger charge is 2.24. The second-order valence-corrected chi connectivity index (χ2v) is 6.80. The average Bonchev–Trinajstić information content (AvgIpc) is 2.60. The van der Waals surface area contributed by atoms with Crippen LogP contribution in [0.3, 0.4) is 0 Å². The monoisotopic (exact) mass is 341 g/mol. The summed E-state index contributed by atoms with van der Waals surface area (Å²) in [6.07, 6.45) is -0.118. The zero-order chi connectivity index (χ0) is 17.6. The minimum atomic E-state index is -0.527. The van der Waals surface area contributed by atoms with E-state index in [0.717, 1.165) is 30.0 Å². The number of ether oxygens (including phenoxy) is 2. The van der Waals surface area contributed by atoms with Gasteiger partial charge in [0.1, 0.15) is 18.5 Å². The first kappa shape index (κ1) is 17.9. The third-order valence-corrected chi connectivity index (χ3v) is 4.37. The Bertz CT molecular complexity index is 651. The maximum Gasteiger partial charge on any atom is 0.127 e. The van der Waals surface area contributed by atoms with Gasteiger partial charge in [-0.3, -0.25) is 4.90 Å². The highest BCUT2D eigenvalue weighted by atomic mass is 16.5. The van der Waals surface area contributed by atoms with Gasteiger partial charge >= 0.3 is 0 Å². The van der Waals surface area contributed by atoms with Crippen LogP contribution >= 0.6 is 0 Å². The fraction of sp³-hybridized carbons (Fsp3) is 0.429. The van der Waals surface area contributed by atoms with Gasteiger partial charge in [-0.15, -0.1) is 0 Å². The third-order valence-electron chi connectivity index (χ3n) is 4.37. The molecule has 134 valence electrons. The summed E-state index contributed by atoms with van der Waals surface area (Å²) in [6, 6.07) is 18.1. The second-order valence-electron chi connectivity index (χ2n) is 6.80. The molecule has 1 fully saturated rings. The molecule has 4 heteroatoms. The van der Waals surface area contributed by atoms with E-state index in [4.69, 9.17) is 9.47 Å². The summed E-state index contributed by atoms with van der Waals surface area (Å²) in [7, 11) is 0. The van der Waals surface area contributed by atoms with Gasteiger partial charge in [0, 0.05) is 25.2 Å². The maximum absolute atomic E-state index is 10.4. The zero-order valence-electron chi connectivity index (χ0n) is 15.0. The molecule has 0 spiro atoms. The van der Waals surface area contributed by atoms with Crippen LogP contribution in [0.25, 0.3) is 11.1 Å². The smallest absolute Gasteiger partial charge is 0.127 e. The molecule has 2 aromatic carbocycles. The summed E-state index contributed by atoms with van der Waals surface area (Å²) in [4.78, 5) is 2.25. The molecule has 4 nitrogen and oxygen atoms in total. The third kappa shape index (κ3) is 5.05. The Kier molecular flexibility index (Phi) is 6.08. The first-order valence-electron chi connectivity index (χ1n) is 8.95. The second kappa shape index (κ2) is 8.48. The van der Waals surface area contributed by atoms with Crippen LogP contribution in [-0.4, -0.2) is 54.6 Å². The summed E-state index contributed by atoms with van der Waals surface area (Å²) in [6.45, 7) is 6.73. The van der Waals surface area contributed by atoms with Gasteiger partial charge in [0.15, 0.2) is 0 Å². The SMILES string of the molecule is C[C@@H]1CN(C[C@@H](O)COc2ccccc2-c2ccccc2)C[C@@H](C)O1. The number of morpholine rings is 1. The first-order valence-corrected chi connectivity index (χ1v) is 8.95. The number of hydrogen-bond acceptors (Lipinski definition) is 4. The predicted octanol–water partition coefficient (Wildman–Crippen LogP) is 3.20. The molecule has 1 saturated heterocycles. The molecule has 1 aliphatic rings. The van der Waals surface area contributed by atoms with Crippen molar-refractivity contribution >= 4 is 0 Å². The van der Waals surface area contributed by atoms with Crippen LogP contribution in [0.4, 0.5) is 0 Å². The van der Waals surface area contributed by atoms with Crippen molar-refractivity contribution in [1.29, 1.82) is 0 Å². The highest BCUT2D eigenvalue weighted by molar-refractivity contribution is 5.70. The molecule has 0 radical (unpaired) electrons. The number of benzene rings is 2. The summed E-state index contributed by atoms with van der Waals surface area (Å²) >= 11 is 0. The van der Waals surface area contributed by atoms with E-state index in [1.807, 2.05) is 42.5 Å². The molecule has 0 saturated carbocycles. The van der Waals surface area contributed by atoms with Crippen molar-refractivity contribution in [3.8, 4) is 16.9 Å². The van der Waals surface area contributed by atoms with Crippen molar-refractivity contribution in [2.45, 2.75) is 32.2 Å². The van der Waals surface area contributed by atoms with Gasteiger partial charge in [-0.25, -0.2) is 0 Å². The van der Waals surface area contributed by atoms with E-state index in [2.05, 4.69) is 30.9 Å². The van der Waals surface area contributed by atoms with Gasteiger partial charge in [-0.1, -0.05) is 48.5 Å². The van der Waals surface area contributed by atoms with Gasteiger partial charge < -0.3 is 14.6 Å². The quantitative estimate of drug-likeness (QED) is 0.876. The standard InChI is InChI=1S/C21H27NO3/c1-16-12-22(13-17(2)25-16)14-19(23)15-24-21-11-7-6-10-20(21)18-8-4-3-5-9-18/h3-11,16-17,19,23H,12-15H2,1-2H3/t16-,17-,19-/m1/s1. The van der Waals surface area contributed by atoms with Crippen molar-refractivity contribution in [2.75, 3.05) is 26.2 Å². The van der Waals surface area contributed by atoms with Gasteiger partial charge in [-0.05, 0) is 25.5 Å². The Morgan fingerprint density at radius 2 is 1.68 bits per heavy atom. The molecule has 0 bridgehead atoms. The van der Waals surface area contributed by atoms with Crippen molar-refractivity contribution in [3.05, 3.63) is 54.6 Å². The van der Waals surface area contributed by atoms with Crippen LogP contribution in [0.1, 0.15) is 13.8 Å². The Hall–Kier alpha value is -1.88. The number of rotatable bonds is 6. The summed E-state index contributed by atoms with van der Waals surface area (Å²) in [5.74, 6) is 0.802. The van der Waals surface area contributed by atoms with Crippen molar-refractivity contribution in [2.24, 2.45) is 0 Å². The van der Waals surface area contributed by atoms with Gasteiger partial charge in [0.25, 0.3) is 0 Å². The maximum atomic E-state index is 10.4. The highest BCUT2D eigenvalue weighted by Crippen LogP contribution is 2.29. The molecular formula is C21H27NO3. The lowest BCUT2D eigenvalue weighted by Gasteiger charge is -2.36. The van der Waals surface area contributed by atoms with E-state index < -0.39 is 6.10 Å². The Morgan fingerprint density at radius 3 is 2.40 bits per heavy atom. The molecule has 0 unspecified atom stereocenters. The van der Waals surface area contributed by atoms with Crippen LogP contribution in [0.5, 0.6) is 5.75 Å². The first-order chi connectivity index (χ1) is 12.1. The molecule has 2 aromatic rings. The lowest BCUT2D eigenvalue weighted by Crippen LogP contribution is -2.48. The minimum absolute atomic E-state index is 0.204. The predicted molar refractivity (Wildman–Crippen MR) is 99.8 cm³/mol.